The summed E-state index contributed by atoms with van der Waals surface area (Å²) in [7, 11) is 3.04. The zero-order chi connectivity index (χ0) is 23.1. The van der Waals surface area contributed by atoms with Gasteiger partial charge in [0, 0.05) is 17.8 Å². The van der Waals surface area contributed by atoms with E-state index in [9.17, 15) is 9.59 Å². The minimum absolute atomic E-state index is 0.220. The van der Waals surface area contributed by atoms with Gasteiger partial charge in [-0.3, -0.25) is 9.59 Å². The van der Waals surface area contributed by atoms with Crippen molar-refractivity contribution < 1.29 is 19.1 Å². The van der Waals surface area contributed by atoms with Crippen molar-refractivity contribution >= 4 is 29.1 Å². The van der Waals surface area contributed by atoms with Crippen molar-refractivity contribution in [2.75, 3.05) is 32.6 Å². The maximum absolute atomic E-state index is 12.6. The number of rotatable bonds is 8. The van der Waals surface area contributed by atoms with Crippen molar-refractivity contribution in [3.05, 3.63) is 52.5 Å². The first-order valence-electron chi connectivity index (χ1n) is 10.8. The standard InChI is InChI=1S/C24H30ClN3O4/c1-31-21-9-6-17(11-22(21)32-2)23(29)28-18-7-8-19(20(25)12-18)24(30)27-14-16-5-3-4-15(10-16)13-26/h6-9,11-12,15-16H,3-5,10,13-14,26H2,1-2H3,(H,27,30)(H,28,29). The first-order chi connectivity index (χ1) is 15.4. The molecule has 1 aliphatic rings. The maximum atomic E-state index is 12.6. The van der Waals surface area contributed by atoms with Gasteiger partial charge in [-0.2, -0.15) is 0 Å². The lowest BCUT2D eigenvalue weighted by Gasteiger charge is -2.28. The van der Waals surface area contributed by atoms with E-state index in [1.165, 1.54) is 20.6 Å². The fourth-order valence-electron chi connectivity index (χ4n) is 4.09. The number of nitrogens with two attached hydrogens (primary N) is 1. The number of nitrogens with one attached hydrogen (secondary N) is 2. The van der Waals surface area contributed by atoms with Crippen molar-refractivity contribution in [3.63, 3.8) is 0 Å². The number of methoxy groups -OCH3 is 2. The van der Waals surface area contributed by atoms with Crippen LogP contribution in [0.4, 0.5) is 5.69 Å². The molecule has 0 saturated heterocycles. The Morgan fingerprint density at radius 1 is 1.03 bits per heavy atom. The zero-order valence-corrected chi connectivity index (χ0v) is 19.2. The highest BCUT2D eigenvalue weighted by Gasteiger charge is 2.22. The van der Waals surface area contributed by atoms with Gasteiger partial charge in [0.25, 0.3) is 11.8 Å². The molecule has 1 aliphatic carbocycles. The predicted octanol–water partition coefficient (Wildman–Crippen LogP) is 4.10. The van der Waals surface area contributed by atoms with Gasteiger partial charge >= 0.3 is 0 Å². The summed E-state index contributed by atoms with van der Waals surface area (Å²) in [6, 6.07) is 9.74. The lowest BCUT2D eigenvalue weighted by Crippen LogP contribution is -2.33. The molecule has 2 atom stereocenters. The van der Waals surface area contributed by atoms with Crippen LogP contribution >= 0.6 is 11.6 Å². The number of benzene rings is 2. The summed E-state index contributed by atoms with van der Waals surface area (Å²) >= 11 is 6.34. The summed E-state index contributed by atoms with van der Waals surface area (Å²) in [4.78, 5) is 25.2. The topological polar surface area (TPSA) is 103 Å². The average Bonchev–Trinajstić information content (AvgIpc) is 2.82. The summed E-state index contributed by atoms with van der Waals surface area (Å²) < 4.78 is 10.4. The molecule has 2 aromatic rings. The second-order valence-electron chi connectivity index (χ2n) is 8.06. The largest absolute Gasteiger partial charge is 0.493 e. The molecule has 32 heavy (non-hydrogen) atoms. The summed E-state index contributed by atoms with van der Waals surface area (Å²) in [6.07, 6.45) is 4.47. The summed E-state index contributed by atoms with van der Waals surface area (Å²) in [5, 5.41) is 6.05. The number of halogens is 1. The van der Waals surface area contributed by atoms with Crippen LogP contribution in [0, 0.1) is 11.8 Å². The van der Waals surface area contributed by atoms with Crippen molar-refractivity contribution in [2.24, 2.45) is 17.6 Å². The minimum atomic E-state index is -0.328. The van der Waals surface area contributed by atoms with Crippen molar-refractivity contribution in [1.29, 1.82) is 0 Å². The van der Waals surface area contributed by atoms with Crippen LogP contribution < -0.4 is 25.8 Å². The Labute approximate surface area is 193 Å². The van der Waals surface area contributed by atoms with Crippen LogP contribution in [0.1, 0.15) is 46.4 Å². The second kappa shape index (κ2) is 11.2. The summed E-state index contributed by atoms with van der Waals surface area (Å²) in [5.74, 6) is 1.44. The van der Waals surface area contributed by atoms with Crippen LogP contribution in [0.2, 0.25) is 5.02 Å². The van der Waals surface area contributed by atoms with Crippen molar-refractivity contribution in [3.8, 4) is 11.5 Å². The van der Waals surface area contributed by atoms with Crippen LogP contribution in [0.25, 0.3) is 0 Å². The molecule has 0 aromatic heterocycles. The molecule has 4 N–H and O–H groups in total. The predicted molar refractivity (Wildman–Crippen MR) is 126 cm³/mol. The van der Waals surface area contributed by atoms with Gasteiger partial charge in [-0.1, -0.05) is 18.0 Å². The molecule has 3 rings (SSSR count). The third-order valence-corrected chi connectivity index (χ3v) is 6.21. The lowest BCUT2D eigenvalue weighted by molar-refractivity contribution is 0.0940. The van der Waals surface area contributed by atoms with E-state index in [0.717, 1.165) is 19.3 Å². The van der Waals surface area contributed by atoms with Crippen LogP contribution in [0.15, 0.2) is 36.4 Å². The molecule has 172 valence electrons. The lowest BCUT2D eigenvalue weighted by atomic mass is 9.81. The Bertz CT molecular complexity index is 966. The van der Waals surface area contributed by atoms with Gasteiger partial charge in [0.15, 0.2) is 11.5 Å². The molecule has 2 amide bonds. The van der Waals surface area contributed by atoms with Gasteiger partial charge in [-0.15, -0.1) is 0 Å². The quantitative estimate of drug-likeness (QED) is 0.551. The number of ether oxygens (including phenoxy) is 2. The Kier molecular flexibility index (Phi) is 8.36. The second-order valence-corrected chi connectivity index (χ2v) is 8.47. The molecule has 0 spiro atoms. The van der Waals surface area contributed by atoms with Gasteiger partial charge in [0.05, 0.1) is 24.8 Å². The molecule has 2 unspecified atom stereocenters. The number of anilines is 1. The van der Waals surface area contributed by atoms with E-state index in [-0.39, 0.29) is 16.8 Å². The SMILES string of the molecule is COc1ccc(C(=O)Nc2ccc(C(=O)NCC3CCCC(CN)C3)c(Cl)c2)cc1OC. The molecule has 7 nitrogen and oxygen atoms in total. The maximum Gasteiger partial charge on any atom is 0.255 e. The molecule has 0 radical (unpaired) electrons. The minimum Gasteiger partial charge on any atom is -0.493 e. The van der Waals surface area contributed by atoms with Gasteiger partial charge in [-0.25, -0.2) is 0 Å². The molecular formula is C24H30ClN3O4. The molecule has 1 fully saturated rings. The smallest absolute Gasteiger partial charge is 0.255 e. The first kappa shape index (κ1) is 23.9. The van der Waals surface area contributed by atoms with Gasteiger partial charge in [-0.05, 0) is 74.0 Å². The fourth-order valence-corrected chi connectivity index (χ4v) is 4.36. The zero-order valence-electron chi connectivity index (χ0n) is 18.4. The molecule has 2 aromatic carbocycles. The van der Waals surface area contributed by atoms with E-state index in [2.05, 4.69) is 10.6 Å². The van der Waals surface area contributed by atoms with E-state index in [0.29, 0.717) is 53.2 Å². The van der Waals surface area contributed by atoms with E-state index in [1.807, 2.05) is 0 Å². The van der Waals surface area contributed by atoms with E-state index >= 15 is 0 Å². The number of hydrogen-bond acceptors (Lipinski definition) is 5. The number of hydrogen-bond donors (Lipinski definition) is 3. The van der Waals surface area contributed by atoms with E-state index in [1.54, 1.807) is 36.4 Å². The molecular weight excluding hydrogens is 430 g/mol. The van der Waals surface area contributed by atoms with Crippen LogP contribution in [-0.4, -0.2) is 39.1 Å². The fraction of sp³-hybridized carbons (Fsp3) is 0.417. The third kappa shape index (κ3) is 5.93. The average molecular weight is 460 g/mol. The number of carbonyl (C=O) groups is 2. The molecule has 1 saturated carbocycles. The molecule has 8 heteroatoms. The highest BCUT2D eigenvalue weighted by atomic mass is 35.5. The van der Waals surface area contributed by atoms with E-state index in [4.69, 9.17) is 26.8 Å². The van der Waals surface area contributed by atoms with Gasteiger partial charge < -0.3 is 25.8 Å². The van der Waals surface area contributed by atoms with E-state index < -0.39 is 0 Å². The summed E-state index contributed by atoms with van der Waals surface area (Å²) in [6.45, 7) is 1.32. The van der Waals surface area contributed by atoms with Gasteiger partial charge in [0.2, 0.25) is 0 Å². The first-order valence-corrected chi connectivity index (χ1v) is 11.1. The van der Waals surface area contributed by atoms with Crippen molar-refractivity contribution in [1.82, 2.24) is 5.32 Å². The van der Waals surface area contributed by atoms with Crippen molar-refractivity contribution in [2.45, 2.75) is 25.7 Å². The highest BCUT2D eigenvalue weighted by molar-refractivity contribution is 6.34. The Hall–Kier alpha value is -2.77. The van der Waals surface area contributed by atoms with Crippen LogP contribution in [0.3, 0.4) is 0 Å². The van der Waals surface area contributed by atoms with Crippen LogP contribution in [-0.2, 0) is 0 Å². The normalized spacial score (nSPS) is 18.0. The third-order valence-electron chi connectivity index (χ3n) is 5.89. The molecule has 0 aliphatic heterocycles. The molecule has 0 bridgehead atoms. The number of carbonyl (C=O) groups excluding carboxylic acids is 2. The Balaban J connectivity index is 1.61. The Morgan fingerprint density at radius 3 is 2.47 bits per heavy atom. The Morgan fingerprint density at radius 2 is 1.78 bits per heavy atom. The van der Waals surface area contributed by atoms with Gasteiger partial charge in [0.1, 0.15) is 0 Å². The highest BCUT2D eigenvalue weighted by Crippen LogP contribution is 2.29. The number of amides is 2. The molecule has 0 heterocycles. The monoisotopic (exact) mass is 459 g/mol. The van der Waals surface area contributed by atoms with Crippen LogP contribution in [0.5, 0.6) is 11.5 Å². The summed E-state index contributed by atoms with van der Waals surface area (Å²) in [5.41, 5.74) is 7.07.